The smallest absolute Gasteiger partial charge is 0.209 e. The second-order valence-corrected chi connectivity index (χ2v) is 7.25. The third kappa shape index (κ3) is 5.51. The number of ether oxygens (including phenoxy) is 1. The Balaban J connectivity index is 2.67. The van der Waals surface area contributed by atoms with Crippen LogP contribution in [-0.4, -0.2) is 20.8 Å². The van der Waals surface area contributed by atoms with Crippen LogP contribution in [-0.2, 0) is 10.0 Å². The van der Waals surface area contributed by atoms with Crippen molar-refractivity contribution < 1.29 is 13.2 Å². The maximum Gasteiger partial charge on any atom is 0.209 e. The van der Waals surface area contributed by atoms with E-state index >= 15 is 0 Å². The Morgan fingerprint density at radius 1 is 1.30 bits per heavy atom. The fraction of sp³-hybridized carbons (Fsp3) is 0.600. The van der Waals surface area contributed by atoms with Crippen LogP contribution in [0.4, 0.5) is 0 Å². The summed E-state index contributed by atoms with van der Waals surface area (Å²) in [5.74, 6) is 1.15. The standard InChI is InChI=1S/C15H25NO3S/c1-5-13(10-20(16,17)18)9-19-14-6-7-15(11(2)3)12(4)8-14/h6-8,11,13H,5,9-10H2,1-4H3,(H2,16,17,18). The van der Waals surface area contributed by atoms with Gasteiger partial charge in [-0.15, -0.1) is 0 Å². The summed E-state index contributed by atoms with van der Waals surface area (Å²) >= 11 is 0. The summed E-state index contributed by atoms with van der Waals surface area (Å²) in [6.45, 7) is 8.67. The quantitative estimate of drug-likeness (QED) is 0.841. The topological polar surface area (TPSA) is 69.4 Å². The van der Waals surface area contributed by atoms with Gasteiger partial charge >= 0.3 is 0 Å². The van der Waals surface area contributed by atoms with E-state index in [-0.39, 0.29) is 11.7 Å². The molecule has 114 valence electrons. The van der Waals surface area contributed by atoms with E-state index in [9.17, 15) is 8.42 Å². The molecule has 0 radical (unpaired) electrons. The molecule has 0 heterocycles. The van der Waals surface area contributed by atoms with Gasteiger partial charge in [0.1, 0.15) is 5.75 Å². The van der Waals surface area contributed by atoms with E-state index in [1.165, 1.54) is 11.1 Å². The van der Waals surface area contributed by atoms with E-state index in [1.54, 1.807) is 0 Å². The van der Waals surface area contributed by atoms with E-state index < -0.39 is 10.0 Å². The first-order chi connectivity index (χ1) is 9.23. The molecule has 0 spiro atoms. The number of sulfonamides is 1. The van der Waals surface area contributed by atoms with Crippen molar-refractivity contribution in [2.24, 2.45) is 11.1 Å². The fourth-order valence-corrected chi connectivity index (χ4v) is 3.20. The van der Waals surface area contributed by atoms with Crippen molar-refractivity contribution in [3.8, 4) is 5.75 Å². The molecule has 0 aliphatic carbocycles. The van der Waals surface area contributed by atoms with E-state index in [4.69, 9.17) is 9.88 Å². The first-order valence-electron chi connectivity index (χ1n) is 6.96. The van der Waals surface area contributed by atoms with E-state index in [1.807, 2.05) is 19.1 Å². The van der Waals surface area contributed by atoms with Crippen molar-refractivity contribution in [1.82, 2.24) is 0 Å². The van der Waals surface area contributed by atoms with Gasteiger partial charge in [0.25, 0.3) is 0 Å². The zero-order valence-electron chi connectivity index (χ0n) is 12.7. The summed E-state index contributed by atoms with van der Waals surface area (Å²) in [6, 6.07) is 6.00. The lowest BCUT2D eigenvalue weighted by Gasteiger charge is -2.16. The molecule has 0 saturated carbocycles. The maximum absolute atomic E-state index is 11.1. The molecule has 1 unspecified atom stereocenters. The predicted octanol–water partition coefficient (Wildman–Crippen LogP) is 2.81. The van der Waals surface area contributed by atoms with Gasteiger partial charge in [-0.05, 0) is 42.5 Å². The second-order valence-electron chi connectivity index (χ2n) is 5.59. The van der Waals surface area contributed by atoms with Crippen LogP contribution >= 0.6 is 0 Å². The van der Waals surface area contributed by atoms with Gasteiger partial charge in [-0.2, -0.15) is 0 Å². The number of hydrogen-bond acceptors (Lipinski definition) is 3. The molecule has 2 N–H and O–H groups in total. The van der Waals surface area contributed by atoms with Gasteiger partial charge in [0.05, 0.1) is 12.4 Å². The third-order valence-electron chi connectivity index (χ3n) is 3.39. The van der Waals surface area contributed by atoms with Crippen LogP contribution in [0.15, 0.2) is 18.2 Å². The molecule has 0 aliphatic rings. The van der Waals surface area contributed by atoms with Gasteiger partial charge in [-0.25, -0.2) is 13.6 Å². The minimum atomic E-state index is -3.45. The minimum absolute atomic E-state index is 0.0352. The van der Waals surface area contributed by atoms with Crippen molar-refractivity contribution in [1.29, 1.82) is 0 Å². The number of primary sulfonamides is 1. The summed E-state index contributed by atoms with van der Waals surface area (Å²) < 4.78 is 27.9. The van der Waals surface area contributed by atoms with Gasteiger partial charge in [0.15, 0.2) is 0 Å². The molecule has 1 aromatic rings. The number of rotatable bonds is 7. The lowest BCUT2D eigenvalue weighted by atomic mass is 9.98. The summed E-state index contributed by atoms with van der Waals surface area (Å²) in [5.41, 5.74) is 2.49. The minimum Gasteiger partial charge on any atom is -0.493 e. The van der Waals surface area contributed by atoms with Crippen molar-refractivity contribution in [2.75, 3.05) is 12.4 Å². The van der Waals surface area contributed by atoms with Crippen molar-refractivity contribution in [3.63, 3.8) is 0 Å². The average Bonchev–Trinajstić information content (AvgIpc) is 2.32. The van der Waals surface area contributed by atoms with Crippen LogP contribution < -0.4 is 9.88 Å². The van der Waals surface area contributed by atoms with Crippen LogP contribution in [0.3, 0.4) is 0 Å². The molecule has 0 saturated heterocycles. The Morgan fingerprint density at radius 3 is 2.40 bits per heavy atom. The molecule has 5 heteroatoms. The van der Waals surface area contributed by atoms with Crippen molar-refractivity contribution in [3.05, 3.63) is 29.3 Å². The Kier molecular flexibility index (Phi) is 6.02. The van der Waals surface area contributed by atoms with Crippen molar-refractivity contribution in [2.45, 2.75) is 40.0 Å². The SMILES string of the molecule is CCC(COc1ccc(C(C)C)c(C)c1)CS(N)(=O)=O. The molecule has 0 aliphatic heterocycles. The average molecular weight is 299 g/mol. The highest BCUT2D eigenvalue weighted by Crippen LogP contribution is 2.24. The molecule has 0 aromatic heterocycles. The van der Waals surface area contributed by atoms with Gasteiger partial charge < -0.3 is 4.74 Å². The van der Waals surface area contributed by atoms with E-state index in [0.29, 0.717) is 12.5 Å². The molecule has 1 atom stereocenters. The highest BCUT2D eigenvalue weighted by Gasteiger charge is 2.15. The molecular formula is C15H25NO3S. The van der Waals surface area contributed by atoms with Crippen LogP contribution in [0.2, 0.25) is 0 Å². The number of nitrogens with two attached hydrogens (primary N) is 1. The second kappa shape index (κ2) is 7.09. The zero-order valence-corrected chi connectivity index (χ0v) is 13.5. The summed E-state index contributed by atoms with van der Waals surface area (Å²) in [5, 5.41) is 5.07. The van der Waals surface area contributed by atoms with Crippen LogP contribution in [0.1, 0.15) is 44.2 Å². The molecule has 0 amide bonds. The van der Waals surface area contributed by atoms with Crippen LogP contribution in [0.25, 0.3) is 0 Å². The Hall–Kier alpha value is -1.07. The lowest BCUT2D eigenvalue weighted by molar-refractivity contribution is 0.257. The predicted molar refractivity (Wildman–Crippen MR) is 82.5 cm³/mol. The van der Waals surface area contributed by atoms with Crippen LogP contribution in [0.5, 0.6) is 5.75 Å². The van der Waals surface area contributed by atoms with E-state index in [0.717, 1.165) is 12.2 Å². The first kappa shape index (κ1) is 17.0. The van der Waals surface area contributed by atoms with E-state index in [2.05, 4.69) is 26.8 Å². The summed E-state index contributed by atoms with van der Waals surface area (Å²) in [7, 11) is -3.45. The Bertz CT molecular complexity index is 538. The molecular weight excluding hydrogens is 274 g/mol. The Labute approximate surface area is 122 Å². The van der Waals surface area contributed by atoms with Gasteiger partial charge in [-0.3, -0.25) is 0 Å². The monoisotopic (exact) mass is 299 g/mol. The molecule has 20 heavy (non-hydrogen) atoms. The largest absolute Gasteiger partial charge is 0.493 e. The first-order valence-corrected chi connectivity index (χ1v) is 8.68. The van der Waals surface area contributed by atoms with Crippen molar-refractivity contribution >= 4 is 10.0 Å². The van der Waals surface area contributed by atoms with Gasteiger partial charge in [0.2, 0.25) is 10.0 Å². The van der Waals surface area contributed by atoms with Crippen LogP contribution in [0, 0.1) is 12.8 Å². The normalized spacial score (nSPS) is 13.5. The fourth-order valence-electron chi connectivity index (χ4n) is 2.21. The maximum atomic E-state index is 11.1. The highest BCUT2D eigenvalue weighted by molar-refractivity contribution is 7.89. The summed E-state index contributed by atoms with van der Waals surface area (Å²) in [4.78, 5) is 0. The third-order valence-corrected chi connectivity index (χ3v) is 4.33. The molecule has 0 fully saturated rings. The van der Waals surface area contributed by atoms with Gasteiger partial charge in [0, 0.05) is 5.92 Å². The number of hydrogen-bond donors (Lipinski definition) is 1. The van der Waals surface area contributed by atoms with Gasteiger partial charge in [-0.1, -0.05) is 26.8 Å². The zero-order chi connectivity index (χ0) is 15.3. The highest BCUT2D eigenvalue weighted by atomic mass is 32.2. The summed E-state index contributed by atoms with van der Waals surface area (Å²) in [6.07, 6.45) is 0.722. The molecule has 1 aromatic carbocycles. The Morgan fingerprint density at radius 2 is 1.95 bits per heavy atom. The molecule has 4 nitrogen and oxygen atoms in total. The molecule has 0 bridgehead atoms. The number of aryl methyl sites for hydroxylation is 1. The molecule has 1 rings (SSSR count). The lowest BCUT2D eigenvalue weighted by Crippen LogP contribution is -2.26. The number of benzene rings is 1.